The van der Waals surface area contributed by atoms with Gasteiger partial charge in [0, 0.05) is 40.8 Å². The fourth-order valence-electron chi connectivity index (χ4n) is 4.49. The number of hydrogen-bond acceptors (Lipinski definition) is 6. The number of anilines is 1. The summed E-state index contributed by atoms with van der Waals surface area (Å²) in [6.07, 6.45) is 2.16. The summed E-state index contributed by atoms with van der Waals surface area (Å²) in [6.45, 7) is 3.41. The van der Waals surface area contributed by atoms with Crippen molar-refractivity contribution in [2.75, 3.05) is 19.0 Å². The zero-order valence-electron chi connectivity index (χ0n) is 19.6. The number of para-hydroxylation sites is 1. The molecule has 0 atom stereocenters. The van der Waals surface area contributed by atoms with Crippen molar-refractivity contribution in [3.05, 3.63) is 71.9 Å². The van der Waals surface area contributed by atoms with Crippen LogP contribution in [0.1, 0.15) is 35.8 Å². The number of aromatic carboxylic acids is 1. The standard InChI is InChI=1S/C27H26N4O3S/c1-3-4-13-28-18-10-12-23-20(15-18)25(19-7-5-6-8-24(19)34-2)26(27(32)33)31(23)16-17-9-11-21-22(14-17)30-35-29-21/h5-12,14-15,28H,3-4,13,16H2,1-2H3,(H,32,33). The van der Waals surface area contributed by atoms with Crippen LogP contribution < -0.4 is 10.1 Å². The van der Waals surface area contributed by atoms with E-state index in [4.69, 9.17) is 4.74 Å². The Labute approximate surface area is 207 Å². The molecule has 0 radical (unpaired) electrons. The van der Waals surface area contributed by atoms with Crippen molar-refractivity contribution >= 4 is 45.3 Å². The normalized spacial score (nSPS) is 11.3. The zero-order chi connectivity index (χ0) is 24.4. The largest absolute Gasteiger partial charge is 0.496 e. The average molecular weight is 487 g/mol. The first kappa shape index (κ1) is 22.9. The van der Waals surface area contributed by atoms with Crippen LogP contribution >= 0.6 is 11.7 Å². The molecule has 7 nitrogen and oxygen atoms in total. The molecule has 0 unspecified atom stereocenters. The fourth-order valence-corrected chi connectivity index (χ4v) is 5.01. The molecule has 0 saturated heterocycles. The number of carbonyl (C=O) groups is 1. The minimum absolute atomic E-state index is 0.228. The highest BCUT2D eigenvalue weighted by Crippen LogP contribution is 2.41. The van der Waals surface area contributed by atoms with Crippen LogP contribution in [0.25, 0.3) is 33.1 Å². The topological polar surface area (TPSA) is 89.3 Å². The van der Waals surface area contributed by atoms with Gasteiger partial charge >= 0.3 is 5.97 Å². The fraction of sp³-hybridized carbons (Fsp3) is 0.222. The third kappa shape index (κ3) is 4.33. The van der Waals surface area contributed by atoms with Crippen LogP contribution in [0.5, 0.6) is 5.75 Å². The molecule has 0 bridgehead atoms. The molecule has 0 amide bonds. The van der Waals surface area contributed by atoms with Gasteiger partial charge in [0.2, 0.25) is 0 Å². The number of methoxy groups -OCH3 is 1. The number of nitrogens with one attached hydrogen (secondary N) is 1. The van der Waals surface area contributed by atoms with E-state index in [2.05, 4.69) is 21.0 Å². The van der Waals surface area contributed by atoms with Crippen LogP contribution in [0.15, 0.2) is 60.7 Å². The Morgan fingerprint density at radius 3 is 2.71 bits per heavy atom. The van der Waals surface area contributed by atoms with Crippen LogP contribution in [0.4, 0.5) is 5.69 Å². The van der Waals surface area contributed by atoms with Gasteiger partial charge in [0.25, 0.3) is 0 Å². The van der Waals surface area contributed by atoms with Gasteiger partial charge in [0.15, 0.2) is 0 Å². The van der Waals surface area contributed by atoms with Crippen LogP contribution in [-0.4, -0.2) is 38.0 Å². The minimum Gasteiger partial charge on any atom is -0.496 e. The molecule has 5 aromatic rings. The number of nitrogens with zero attached hydrogens (tertiary/aromatic N) is 3. The lowest BCUT2D eigenvalue weighted by Gasteiger charge is -2.11. The van der Waals surface area contributed by atoms with E-state index in [0.29, 0.717) is 17.9 Å². The highest BCUT2D eigenvalue weighted by molar-refractivity contribution is 7.00. The van der Waals surface area contributed by atoms with Gasteiger partial charge in [-0.3, -0.25) is 0 Å². The Morgan fingerprint density at radius 2 is 1.91 bits per heavy atom. The van der Waals surface area contributed by atoms with E-state index in [1.54, 1.807) is 7.11 Å². The Hall–Kier alpha value is -3.91. The average Bonchev–Trinajstić information content (AvgIpc) is 3.46. The Balaban J connectivity index is 1.73. The number of benzene rings is 3. The third-order valence-corrected chi connectivity index (χ3v) is 6.72. The van der Waals surface area contributed by atoms with Gasteiger partial charge < -0.3 is 19.7 Å². The second kappa shape index (κ2) is 9.76. The second-order valence-electron chi connectivity index (χ2n) is 8.41. The molecular formula is C27H26N4O3S. The van der Waals surface area contributed by atoms with Crippen molar-refractivity contribution in [2.45, 2.75) is 26.3 Å². The van der Waals surface area contributed by atoms with Gasteiger partial charge in [0.05, 0.1) is 18.8 Å². The summed E-state index contributed by atoms with van der Waals surface area (Å²) < 4.78 is 16.1. The van der Waals surface area contributed by atoms with E-state index in [-0.39, 0.29) is 5.69 Å². The predicted molar refractivity (Wildman–Crippen MR) is 141 cm³/mol. The van der Waals surface area contributed by atoms with Crippen molar-refractivity contribution in [1.82, 2.24) is 13.3 Å². The molecule has 8 heteroatoms. The molecule has 2 heterocycles. The SMILES string of the molecule is CCCCNc1ccc2c(c1)c(-c1ccccc1OC)c(C(=O)O)n2Cc1ccc2nsnc2c1. The van der Waals surface area contributed by atoms with Gasteiger partial charge in [-0.05, 0) is 48.4 Å². The van der Waals surface area contributed by atoms with Crippen molar-refractivity contribution in [2.24, 2.45) is 0 Å². The number of rotatable bonds is 9. The first-order valence-electron chi connectivity index (χ1n) is 11.6. The van der Waals surface area contributed by atoms with E-state index >= 15 is 0 Å². The highest BCUT2D eigenvalue weighted by atomic mass is 32.1. The molecule has 0 aliphatic rings. The lowest BCUT2D eigenvalue weighted by Crippen LogP contribution is -2.10. The molecule has 0 aliphatic carbocycles. The van der Waals surface area contributed by atoms with Gasteiger partial charge in [-0.15, -0.1) is 0 Å². The van der Waals surface area contributed by atoms with E-state index in [9.17, 15) is 9.90 Å². The smallest absolute Gasteiger partial charge is 0.353 e. The summed E-state index contributed by atoms with van der Waals surface area (Å²) in [6, 6.07) is 19.5. The first-order valence-corrected chi connectivity index (χ1v) is 12.3. The maximum Gasteiger partial charge on any atom is 0.353 e. The molecule has 0 aliphatic heterocycles. The highest BCUT2D eigenvalue weighted by Gasteiger charge is 2.26. The molecule has 0 fully saturated rings. The molecule has 2 N–H and O–H groups in total. The van der Waals surface area contributed by atoms with Crippen LogP contribution in [0.3, 0.4) is 0 Å². The lowest BCUT2D eigenvalue weighted by atomic mass is 10.0. The molecule has 2 aromatic heterocycles. The van der Waals surface area contributed by atoms with E-state index in [1.165, 1.54) is 11.7 Å². The molecule has 0 spiro atoms. The molecule has 178 valence electrons. The number of hydrogen-bond donors (Lipinski definition) is 2. The van der Waals surface area contributed by atoms with Gasteiger partial charge in [-0.2, -0.15) is 8.75 Å². The summed E-state index contributed by atoms with van der Waals surface area (Å²) in [5.74, 6) is -0.354. The number of fused-ring (bicyclic) bond motifs is 2. The molecular weight excluding hydrogens is 460 g/mol. The lowest BCUT2D eigenvalue weighted by molar-refractivity contribution is 0.0687. The maximum atomic E-state index is 12.7. The molecule has 35 heavy (non-hydrogen) atoms. The summed E-state index contributed by atoms with van der Waals surface area (Å²) in [4.78, 5) is 12.7. The van der Waals surface area contributed by atoms with Crippen LogP contribution in [0.2, 0.25) is 0 Å². The summed E-state index contributed by atoms with van der Waals surface area (Å²) in [5.41, 5.74) is 6.06. The summed E-state index contributed by atoms with van der Waals surface area (Å²) >= 11 is 1.17. The van der Waals surface area contributed by atoms with E-state index in [0.717, 1.165) is 58.1 Å². The number of ether oxygens (including phenoxy) is 1. The minimum atomic E-state index is -0.987. The molecule has 3 aromatic carbocycles. The summed E-state index contributed by atoms with van der Waals surface area (Å²) in [5, 5.41) is 14.8. The monoisotopic (exact) mass is 486 g/mol. The zero-order valence-corrected chi connectivity index (χ0v) is 20.4. The number of carboxylic acids is 1. The van der Waals surface area contributed by atoms with Crippen molar-refractivity contribution in [3.8, 4) is 16.9 Å². The summed E-state index contributed by atoms with van der Waals surface area (Å²) in [7, 11) is 1.60. The second-order valence-corrected chi connectivity index (χ2v) is 8.94. The number of unbranched alkanes of at least 4 members (excludes halogenated alkanes) is 1. The van der Waals surface area contributed by atoms with E-state index < -0.39 is 5.97 Å². The predicted octanol–water partition coefficient (Wildman–Crippen LogP) is 6.28. The Bertz CT molecular complexity index is 1520. The quantitative estimate of drug-likeness (QED) is 0.238. The van der Waals surface area contributed by atoms with Crippen molar-refractivity contribution in [1.29, 1.82) is 0 Å². The van der Waals surface area contributed by atoms with Gasteiger partial charge in [0.1, 0.15) is 22.5 Å². The van der Waals surface area contributed by atoms with Gasteiger partial charge in [-0.1, -0.05) is 37.6 Å². The Morgan fingerprint density at radius 1 is 1.09 bits per heavy atom. The number of carboxylic acid groups (broad SMARTS) is 1. The van der Waals surface area contributed by atoms with Crippen molar-refractivity contribution in [3.63, 3.8) is 0 Å². The Kier molecular flexibility index (Phi) is 6.37. The molecule has 0 saturated carbocycles. The van der Waals surface area contributed by atoms with E-state index in [1.807, 2.05) is 65.2 Å². The van der Waals surface area contributed by atoms with Gasteiger partial charge in [-0.25, -0.2) is 4.79 Å². The maximum absolute atomic E-state index is 12.7. The van der Waals surface area contributed by atoms with Crippen molar-refractivity contribution < 1.29 is 14.6 Å². The van der Waals surface area contributed by atoms with Crippen LogP contribution in [-0.2, 0) is 6.54 Å². The third-order valence-electron chi connectivity index (χ3n) is 6.16. The molecule has 5 rings (SSSR count). The number of aromatic nitrogens is 3. The first-order chi connectivity index (χ1) is 17.1. The van der Waals surface area contributed by atoms with Crippen LogP contribution in [0, 0.1) is 0 Å².